The number of carbonyl (C=O) groups excluding carboxylic acids is 1. The van der Waals surface area contributed by atoms with E-state index in [9.17, 15) is 4.79 Å². The molecule has 1 aromatic rings. The summed E-state index contributed by atoms with van der Waals surface area (Å²) in [6.07, 6.45) is 7.26. The van der Waals surface area contributed by atoms with Gasteiger partial charge in [0.05, 0.1) is 5.75 Å². The average molecular weight is 317 g/mol. The van der Waals surface area contributed by atoms with E-state index in [-0.39, 0.29) is 0 Å². The van der Waals surface area contributed by atoms with Crippen molar-refractivity contribution in [3.63, 3.8) is 0 Å². The van der Waals surface area contributed by atoms with Crippen molar-refractivity contribution < 1.29 is 4.79 Å². The third-order valence-electron chi connectivity index (χ3n) is 6.52. The van der Waals surface area contributed by atoms with Gasteiger partial charge in [0.15, 0.2) is 0 Å². The van der Waals surface area contributed by atoms with Crippen molar-refractivity contribution in [3.8, 4) is 0 Å². The first-order valence-electron chi connectivity index (χ1n) is 8.58. The molecule has 22 heavy (non-hydrogen) atoms. The highest BCUT2D eigenvalue weighted by atomic mass is 32.2. The summed E-state index contributed by atoms with van der Waals surface area (Å²) in [5, 5.41) is 0. The normalized spacial score (nSPS) is 32.3. The summed E-state index contributed by atoms with van der Waals surface area (Å²) in [6.45, 7) is 7.32. The lowest BCUT2D eigenvalue weighted by molar-refractivity contribution is -0.117. The number of ketones is 1. The molecule has 0 aliphatic heterocycles. The Morgan fingerprint density at radius 3 is 2.55 bits per heavy atom. The Morgan fingerprint density at radius 1 is 1.14 bits per heavy atom. The summed E-state index contributed by atoms with van der Waals surface area (Å²) < 4.78 is 0. The largest absolute Gasteiger partial charge is 0.299 e. The summed E-state index contributed by atoms with van der Waals surface area (Å²) in [4.78, 5) is 13.5. The van der Waals surface area contributed by atoms with E-state index >= 15 is 0 Å². The Bertz CT molecular complexity index is 550. The Hall–Kier alpha value is -0.760. The summed E-state index contributed by atoms with van der Waals surface area (Å²) >= 11 is 1.68. The highest BCUT2D eigenvalue weighted by Crippen LogP contribution is 2.79. The summed E-state index contributed by atoms with van der Waals surface area (Å²) in [7, 11) is 0. The fourth-order valence-corrected chi connectivity index (χ4v) is 5.82. The Balaban J connectivity index is 1.53. The molecule has 2 heteroatoms. The molecular weight excluding hydrogens is 288 g/mol. The molecule has 2 fully saturated rings. The molecule has 2 saturated carbocycles. The van der Waals surface area contributed by atoms with Crippen molar-refractivity contribution in [1.29, 1.82) is 0 Å². The standard InChI is InChI=1S/C20H28OS/c1-18(2)11-7-12-19(3)15-20(18,19)13-10-16(21)14-22-17-8-5-4-6-9-17/h4-6,8-9H,7,10-15H2,1-3H3. The molecule has 3 rings (SSSR count). The van der Waals surface area contributed by atoms with Gasteiger partial charge in [-0.05, 0) is 54.1 Å². The summed E-state index contributed by atoms with van der Waals surface area (Å²) in [6, 6.07) is 10.2. The molecule has 2 aliphatic carbocycles. The monoisotopic (exact) mass is 316 g/mol. The molecular formula is C20H28OS. The van der Waals surface area contributed by atoms with Gasteiger partial charge in [0.2, 0.25) is 0 Å². The Kier molecular flexibility index (Phi) is 4.18. The van der Waals surface area contributed by atoms with Gasteiger partial charge in [0.25, 0.3) is 0 Å². The number of fused-ring (bicyclic) bond motifs is 1. The molecule has 120 valence electrons. The molecule has 2 unspecified atom stereocenters. The van der Waals surface area contributed by atoms with E-state index in [1.807, 2.05) is 18.2 Å². The number of Topliss-reactive ketones (excluding diaryl/α,β-unsaturated/α-hetero) is 1. The minimum absolute atomic E-state index is 0.410. The predicted molar refractivity (Wildman–Crippen MR) is 94.2 cm³/mol. The van der Waals surface area contributed by atoms with Crippen LogP contribution in [0, 0.1) is 16.2 Å². The third kappa shape index (κ3) is 2.75. The van der Waals surface area contributed by atoms with Crippen LogP contribution in [0.2, 0.25) is 0 Å². The molecule has 1 nitrogen and oxygen atoms in total. The van der Waals surface area contributed by atoms with E-state index in [1.165, 1.54) is 30.6 Å². The first-order valence-corrected chi connectivity index (χ1v) is 9.57. The molecule has 0 bridgehead atoms. The maximum absolute atomic E-state index is 12.3. The highest BCUT2D eigenvalue weighted by molar-refractivity contribution is 8.00. The van der Waals surface area contributed by atoms with Crippen LogP contribution in [0.1, 0.15) is 59.3 Å². The van der Waals surface area contributed by atoms with Gasteiger partial charge in [-0.1, -0.05) is 45.4 Å². The van der Waals surface area contributed by atoms with E-state index in [2.05, 4.69) is 32.9 Å². The molecule has 2 aliphatic rings. The molecule has 0 amide bonds. The lowest BCUT2D eigenvalue weighted by Crippen LogP contribution is -2.34. The van der Waals surface area contributed by atoms with Crippen LogP contribution in [-0.2, 0) is 4.79 Å². The zero-order valence-corrected chi connectivity index (χ0v) is 15.0. The SMILES string of the molecule is CC1(C)CCCC2(C)CC12CCC(=O)CSc1ccccc1. The van der Waals surface area contributed by atoms with Gasteiger partial charge < -0.3 is 0 Å². The van der Waals surface area contributed by atoms with Crippen molar-refractivity contribution in [2.75, 3.05) is 5.75 Å². The second-order valence-electron chi connectivity index (χ2n) is 8.20. The second kappa shape index (κ2) is 5.70. The molecule has 0 spiro atoms. The van der Waals surface area contributed by atoms with Crippen LogP contribution >= 0.6 is 11.8 Å². The molecule has 0 radical (unpaired) electrons. The maximum atomic E-state index is 12.3. The van der Waals surface area contributed by atoms with Crippen molar-refractivity contribution in [2.24, 2.45) is 16.2 Å². The number of hydrogen-bond acceptors (Lipinski definition) is 2. The van der Waals surface area contributed by atoms with Crippen LogP contribution in [-0.4, -0.2) is 11.5 Å². The predicted octanol–water partition coefficient (Wildman–Crippen LogP) is 5.73. The third-order valence-corrected chi connectivity index (χ3v) is 7.59. The Morgan fingerprint density at radius 2 is 1.86 bits per heavy atom. The topological polar surface area (TPSA) is 17.1 Å². The van der Waals surface area contributed by atoms with E-state index in [0.29, 0.717) is 27.8 Å². The van der Waals surface area contributed by atoms with Crippen molar-refractivity contribution >= 4 is 17.5 Å². The minimum atomic E-state index is 0.410. The van der Waals surface area contributed by atoms with E-state index < -0.39 is 0 Å². The summed E-state index contributed by atoms with van der Waals surface area (Å²) in [5.41, 5.74) is 1.36. The van der Waals surface area contributed by atoms with Crippen LogP contribution in [0.25, 0.3) is 0 Å². The quantitative estimate of drug-likeness (QED) is 0.623. The first kappa shape index (κ1) is 16.1. The smallest absolute Gasteiger partial charge is 0.143 e. The number of benzene rings is 1. The van der Waals surface area contributed by atoms with Gasteiger partial charge in [-0.25, -0.2) is 0 Å². The lowest BCUT2D eigenvalue weighted by atomic mass is 9.62. The minimum Gasteiger partial charge on any atom is -0.299 e. The Labute approximate surface area is 139 Å². The molecule has 1 aromatic carbocycles. The van der Waals surface area contributed by atoms with Gasteiger partial charge in [-0.15, -0.1) is 11.8 Å². The van der Waals surface area contributed by atoms with Crippen LogP contribution in [0.4, 0.5) is 0 Å². The van der Waals surface area contributed by atoms with Gasteiger partial charge in [-0.3, -0.25) is 4.79 Å². The number of hydrogen-bond donors (Lipinski definition) is 0. The van der Waals surface area contributed by atoms with E-state index in [4.69, 9.17) is 0 Å². The zero-order valence-electron chi connectivity index (χ0n) is 14.2. The molecule has 0 aromatic heterocycles. The molecule has 0 heterocycles. The maximum Gasteiger partial charge on any atom is 0.143 e. The van der Waals surface area contributed by atoms with Gasteiger partial charge >= 0.3 is 0 Å². The van der Waals surface area contributed by atoms with Crippen LogP contribution < -0.4 is 0 Å². The highest BCUT2D eigenvalue weighted by Gasteiger charge is 2.70. The molecule has 2 atom stereocenters. The van der Waals surface area contributed by atoms with Crippen molar-refractivity contribution in [1.82, 2.24) is 0 Å². The molecule has 0 N–H and O–H groups in total. The van der Waals surface area contributed by atoms with E-state index in [1.54, 1.807) is 11.8 Å². The van der Waals surface area contributed by atoms with Crippen molar-refractivity contribution in [2.45, 2.75) is 64.2 Å². The van der Waals surface area contributed by atoms with Gasteiger partial charge in [0.1, 0.15) is 5.78 Å². The lowest BCUT2D eigenvalue weighted by Gasteiger charge is -2.43. The fourth-order valence-electron chi connectivity index (χ4n) is 5.00. The molecule has 0 saturated heterocycles. The number of carbonyl (C=O) groups is 1. The number of thioether (sulfide) groups is 1. The number of rotatable bonds is 6. The van der Waals surface area contributed by atoms with Crippen LogP contribution in [0.3, 0.4) is 0 Å². The first-order chi connectivity index (χ1) is 10.4. The van der Waals surface area contributed by atoms with Gasteiger partial charge in [0, 0.05) is 11.3 Å². The van der Waals surface area contributed by atoms with Crippen molar-refractivity contribution in [3.05, 3.63) is 30.3 Å². The van der Waals surface area contributed by atoms with Crippen LogP contribution in [0.5, 0.6) is 0 Å². The zero-order chi connectivity index (χ0) is 15.8. The summed E-state index contributed by atoms with van der Waals surface area (Å²) in [5.74, 6) is 1.04. The van der Waals surface area contributed by atoms with E-state index in [0.717, 1.165) is 12.8 Å². The average Bonchev–Trinajstić information content (AvgIpc) is 3.12. The van der Waals surface area contributed by atoms with Crippen LogP contribution in [0.15, 0.2) is 35.2 Å². The fraction of sp³-hybridized carbons (Fsp3) is 0.650. The van der Waals surface area contributed by atoms with Gasteiger partial charge in [-0.2, -0.15) is 0 Å². The second-order valence-corrected chi connectivity index (χ2v) is 9.25.